The first-order chi connectivity index (χ1) is 9.49. The second-order valence-corrected chi connectivity index (χ2v) is 5.82. The molecule has 0 aliphatic heterocycles. The standard InChI is InChI=1S/C16H19BrN2O/c1-10-6-13(7-11(2)19-10)15(18)9-12-4-5-16(20-3)14(17)8-12/h4-8,15H,9,18H2,1-3H3. The third kappa shape index (κ3) is 3.58. The van der Waals surface area contributed by atoms with Crippen LogP contribution in [0, 0.1) is 13.8 Å². The molecule has 2 rings (SSSR count). The molecule has 1 unspecified atom stereocenters. The Hall–Kier alpha value is -1.39. The van der Waals surface area contributed by atoms with Crippen molar-refractivity contribution in [1.82, 2.24) is 4.98 Å². The molecule has 0 aliphatic carbocycles. The van der Waals surface area contributed by atoms with Gasteiger partial charge in [-0.15, -0.1) is 0 Å². The number of methoxy groups -OCH3 is 1. The van der Waals surface area contributed by atoms with Crippen molar-refractivity contribution in [3.05, 3.63) is 57.3 Å². The number of ether oxygens (including phenoxy) is 1. The second kappa shape index (κ2) is 6.37. The Morgan fingerprint density at radius 1 is 1.20 bits per heavy atom. The molecule has 2 aromatic rings. The number of hydrogen-bond donors (Lipinski definition) is 1. The third-order valence-corrected chi connectivity index (χ3v) is 3.82. The summed E-state index contributed by atoms with van der Waals surface area (Å²) in [7, 11) is 1.66. The van der Waals surface area contributed by atoms with Crippen molar-refractivity contribution in [2.24, 2.45) is 5.73 Å². The monoisotopic (exact) mass is 334 g/mol. The predicted molar refractivity (Wildman–Crippen MR) is 85.0 cm³/mol. The van der Waals surface area contributed by atoms with Gasteiger partial charge in [-0.2, -0.15) is 0 Å². The van der Waals surface area contributed by atoms with Crippen molar-refractivity contribution in [2.75, 3.05) is 7.11 Å². The molecule has 4 heteroatoms. The topological polar surface area (TPSA) is 48.1 Å². The second-order valence-electron chi connectivity index (χ2n) is 4.96. The van der Waals surface area contributed by atoms with Gasteiger partial charge in [0.05, 0.1) is 11.6 Å². The van der Waals surface area contributed by atoms with E-state index in [0.29, 0.717) is 0 Å². The van der Waals surface area contributed by atoms with Gasteiger partial charge in [-0.3, -0.25) is 4.98 Å². The summed E-state index contributed by atoms with van der Waals surface area (Å²) in [6, 6.07) is 10.1. The number of aromatic nitrogens is 1. The minimum absolute atomic E-state index is 0.0318. The number of pyridine rings is 1. The summed E-state index contributed by atoms with van der Waals surface area (Å²) < 4.78 is 6.19. The van der Waals surface area contributed by atoms with Gasteiger partial charge in [-0.1, -0.05) is 6.07 Å². The lowest BCUT2D eigenvalue weighted by Gasteiger charge is -2.14. The van der Waals surface area contributed by atoms with Crippen molar-refractivity contribution < 1.29 is 4.74 Å². The molecule has 20 heavy (non-hydrogen) atoms. The smallest absolute Gasteiger partial charge is 0.133 e. The van der Waals surface area contributed by atoms with Crippen molar-refractivity contribution in [1.29, 1.82) is 0 Å². The molecule has 0 radical (unpaired) electrons. The fourth-order valence-corrected chi connectivity index (χ4v) is 2.88. The number of benzene rings is 1. The molecule has 1 heterocycles. The molecule has 1 aromatic carbocycles. The van der Waals surface area contributed by atoms with Crippen LogP contribution in [-0.4, -0.2) is 12.1 Å². The minimum atomic E-state index is -0.0318. The summed E-state index contributed by atoms with van der Waals surface area (Å²) in [6.45, 7) is 3.99. The lowest BCUT2D eigenvalue weighted by atomic mass is 9.99. The minimum Gasteiger partial charge on any atom is -0.496 e. The Labute approximate surface area is 128 Å². The molecule has 0 bridgehead atoms. The Kier molecular flexibility index (Phi) is 4.78. The highest BCUT2D eigenvalue weighted by Gasteiger charge is 2.10. The van der Waals surface area contributed by atoms with E-state index in [9.17, 15) is 0 Å². The van der Waals surface area contributed by atoms with E-state index in [2.05, 4.69) is 39.1 Å². The molecule has 1 atom stereocenters. The highest BCUT2D eigenvalue weighted by atomic mass is 79.9. The van der Waals surface area contributed by atoms with Crippen LogP contribution in [-0.2, 0) is 6.42 Å². The number of rotatable bonds is 4. The zero-order valence-corrected chi connectivity index (χ0v) is 13.6. The van der Waals surface area contributed by atoms with Gasteiger partial charge in [0.1, 0.15) is 5.75 Å². The fraction of sp³-hybridized carbons (Fsp3) is 0.312. The largest absolute Gasteiger partial charge is 0.496 e. The van der Waals surface area contributed by atoms with Crippen molar-refractivity contribution in [3.63, 3.8) is 0 Å². The number of nitrogens with zero attached hydrogens (tertiary/aromatic N) is 1. The van der Waals surface area contributed by atoms with Gasteiger partial charge < -0.3 is 10.5 Å². The number of halogens is 1. The maximum Gasteiger partial charge on any atom is 0.133 e. The Morgan fingerprint density at radius 2 is 1.85 bits per heavy atom. The Morgan fingerprint density at radius 3 is 2.40 bits per heavy atom. The molecule has 0 spiro atoms. The van der Waals surface area contributed by atoms with Gasteiger partial charge in [-0.05, 0) is 71.6 Å². The molecular formula is C16H19BrN2O. The Balaban J connectivity index is 2.18. The molecule has 0 amide bonds. The number of aryl methyl sites for hydroxylation is 2. The van der Waals surface area contributed by atoms with Crippen LogP contribution in [0.5, 0.6) is 5.75 Å². The van der Waals surface area contributed by atoms with Gasteiger partial charge >= 0.3 is 0 Å². The van der Waals surface area contributed by atoms with E-state index in [1.165, 1.54) is 5.56 Å². The van der Waals surface area contributed by atoms with Gasteiger partial charge in [-0.25, -0.2) is 0 Å². The third-order valence-electron chi connectivity index (χ3n) is 3.20. The first kappa shape index (κ1) is 15.0. The van der Waals surface area contributed by atoms with Gasteiger partial charge in [0, 0.05) is 17.4 Å². The summed E-state index contributed by atoms with van der Waals surface area (Å²) >= 11 is 3.50. The average Bonchev–Trinajstić information content (AvgIpc) is 2.37. The van der Waals surface area contributed by atoms with Crippen LogP contribution >= 0.6 is 15.9 Å². The van der Waals surface area contributed by atoms with Gasteiger partial charge in [0.25, 0.3) is 0 Å². The van der Waals surface area contributed by atoms with Crippen LogP contribution in [0.3, 0.4) is 0 Å². The van der Waals surface area contributed by atoms with Gasteiger partial charge in [0.15, 0.2) is 0 Å². The zero-order chi connectivity index (χ0) is 14.7. The summed E-state index contributed by atoms with van der Waals surface area (Å²) in [5.74, 6) is 0.831. The van der Waals surface area contributed by atoms with E-state index >= 15 is 0 Å². The van der Waals surface area contributed by atoms with Crippen LogP contribution < -0.4 is 10.5 Å². The van der Waals surface area contributed by atoms with E-state index in [4.69, 9.17) is 10.5 Å². The van der Waals surface area contributed by atoms with Crippen molar-refractivity contribution in [2.45, 2.75) is 26.3 Å². The lowest BCUT2D eigenvalue weighted by Crippen LogP contribution is -2.14. The summed E-state index contributed by atoms with van der Waals surface area (Å²) in [4.78, 5) is 4.38. The highest BCUT2D eigenvalue weighted by molar-refractivity contribution is 9.10. The first-order valence-corrected chi connectivity index (χ1v) is 7.32. The van der Waals surface area contributed by atoms with Crippen LogP contribution in [0.4, 0.5) is 0 Å². The van der Waals surface area contributed by atoms with Crippen molar-refractivity contribution >= 4 is 15.9 Å². The van der Waals surface area contributed by atoms with E-state index < -0.39 is 0 Å². The molecule has 1 aromatic heterocycles. The fourth-order valence-electron chi connectivity index (χ4n) is 2.29. The average molecular weight is 335 g/mol. The molecule has 0 fully saturated rings. The van der Waals surface area contributed by atoms with E-state index in [1.54, 1.807) is 7.11 Å². The van der Waals surface area contributed by atoms with E-state index in [1.807, 2.05) is 26.0 Å². The Bertz CT molecular complexity index is 593. The molecule has 0 saturated carbocycles. The van der Waals surface area contributed by atoms with Crippen LogP contribution in [0.25, 0.3) is 0 Å². The molecule has 0 aliphatic rings. The van der Waals surface area contributed by atoms with E-state index in [-0.39, 0.29) is 6.04 Å². The molecular weight excluding hydrogens is 316 g/mol. The molecule has 3 nitrogen and oxygen atoms in total. The SMILES string of the molecule is COc1ccc(CC(N)c2cc(C)nc(C)c2)cc1Br. The molecule has 0 saturated heterocycles. The number of nitrogens with two attached hydrogens (primary N) is 1. The number of hydrogen-bond acceptors (Lipinski definition) is 3. The normalized spacial score (nSPS) is 12.2. The van der Waals surface area contributed by atoms with Gasteiger partial charge in [0.2, 0.25) is 0 Å². The maximum absolute atomic E-state index is 6.31. The highest BCUT2D eigenvalue weighted by Crippen LogP contribution is 2.27. The quantitative estimate of drug-likeness (QED) is 0.927. The first-order valence-electron chi connectivity index (χ1n) is 6.53. The molecule has 106 valence electrons. The van der Waals surface area contributed by atoms with Crippen LogP contribution in [0.2, 0.25) is 0 Å². The van der Waals surface area contributed by atoms with Crippen LogP contribution in [0.15, 0.2) is 34.8 Å². The lowest BCUT2D eigenvalue weighted by molar-refractivity contribution is 0.412. The maximum atomic E-state index is 6.31. The van der Waals surface area contributed by atoms with E-state index in [0.717, 1.165) is 33.6 Å². The van der Waals surface area contributed by atoms with Crippen molar-refractivity contribution in [3.8, 4) is 5.75 Å². The summed E-state index contributed by atoms with van der Waals surface area (Å²) in [6.07, 6.45) is 0.783. The zero-order valence-electron chi connectivity index (χ0n) is 12.0. The van der Waals surface area contributed by atoms with Crippen LogP contribution in [0.1, 0.15) is 28.6 Å². The summed E-state index contributed by atoms with van der Waals surface area (Å²) in [5, 5.41) is 0. The molecule has 2 N–H and O–H groups in total. The predicted octanol–water partition coefficient (Wildman–Crippen LogP) is 3.71. The summed E-state index contributed by atoms with van der Waals surface area (Å²) in [5.41, 5.74) is 10.6.